The number of likely N-dealkylation sites (N-methyl/N-ethyl adjacent to an activating group) is 1. The smallest absolute Gasteiger partial charge is 0.125 e. The van der Waals surface area contributed by atoms with Crippen molar-refractivity contribution in [2.75, 3.05) is 20.1 Å². The minimum Gasteiger partial charge on any atom is -0.358 e. The van der Waals surface area contributed by atoms with Crippen molar-refractivity contribution in [2.45, 2.75) is 18.8 Å². The molecule has 1 N–H and O–H groups in total. The van der Waals surface area contributed by atoms with E-state index in [0.717, 1.165) is 24.4 Å². The normalized spacial score (nSPS) is 27.4. The van der Waals surface area contributed by atoms with Crippen molar-refractivity contribution in [1.29, 1.82) is 0 Å². The summed E-state index contributed by atoms with van der Waals surface area (Å²) in [6.45, 7) is 2.35. The topological polar surface area (TPSA) is 19.0 Å². The molecule has 1 aliphatic carbocycles. The van der Waals surface area contributed by atoms with Crippen molar-refractivity contribution in [2.24, 2.45) is 5.92 Å². The van der Waals surface area contributed by atoms with Gasteiger partial charge in [0.2, 0.25) is 0 Å². The molecule has 94 valence electrons. The summed E-state index contributed by atoms with van der Waals surface area (Å²) in [7, 11) is 2.20. The first-order chi connectivity index (χ1) is 8.72. The van der Waals surface area contributed by atoms with Crippen molar-refractivity contribution in [3.05, 3.63) is 35.3 Å². The molecule has 2 heterocycles. The standard InChI is InChI=1S/C15H17FN2/c1-18-7-9-2-5-13-15(12(9)8-18)11-4-3-10(16)6-14(11)17-13/h3-4,6,9,12,17H,2,5,7-8H2,1H3/t9-,12+/m1/s1. The number of nitrogens with zero attached hydrogens (tertiary/aromatic N) is 1. The number of H-pyrrole nitrogens is 1. The van der Waals surface area contributed by atoms with Gasteiger partial charge in [0.15, 0.2) is 0 Å². The van der Waals surface area contributed by atoms with E-state index in [1.54, 1.807) is 12.1 Å². The SMILES string of the molecule is CN1C[C@H]2CCc3[nH]c4cc(F)ccc4c3[C@H]2C1. The van der Waals surface area contributed by atoms with E-state index >= 15 is 0 Å². The first kappa shape index (κ1) is 10.6. The minimum atomic E-state index is -0.152. The summed E-state index contributed by atoms with van der Waals surface area (Å²) in [6, 6.07) is 5.15. The molecule has 2 nitrogen and oxygen atoms in total. The quantitative estimate of drug-likeness (QED) is 0.755. The van der Waals surface area contributed by atoms with E-state index in [2.05, 4.69) is 16.9 Å². The van der Waals surface area contributed by atoms with Gasteiger partial charge in [0.1, 0.15) is 5.82 Å². The second-order valence-electron chi connectivity index (χ2n) is 5.83. The fraction of sp³-hybridized carbons (Fsp3) is 0.467. The maximum atomic E-state index is 13.3. The van der Waals surface area contributed by atoms with Crippen LogP contribution in [0, 0.1) is 11.7 Å². The third-order valence-electron chi connectivity index (χ3n) is 4.64. The number of hydrogen-bond donors (Lipinski definition) is 1. The number of aryl methyl sites for hydroxylation is 1. The van der Waals surface area contributed by atoms with Crippen LogP contribution >= 0.6 is 0 Å². The van der Waals surface area contributed by atoms with Gasteiger partial charge in [0, 0.05) is 35.6 Å². The molecule has 2 atom stereocenters. The Balaban J connectivity index is 1.93. The van der Waals surface area contributed by atoms with Crippen molar-refractivity contribution < 1.29 is 4.39 Å². The number of rotatable bonds is 0. The fourth-order valence-electron chi connectivity index (χ4n) is 3.90. The largest absolute Gasteiger partial charge is 0.358 e. The van der Waals surface area contributed by atoms with Gasteiger partial charge in [-0.15, -0.1) is 0 Å². The highest BCUT2D eigenvalue weighted by Gasteiger charge is 2.37. The molecule has 18 heavy (non-hydrogen) atoms. The van der Waals surface area contributed by atoms with Gasteiger partial charge in [0.25, 0.3) is 0 Å². The lowest BCUT2D eigenvalue weighted by molar-refractivity contribution is 0.386. The van der Waals surface area contributed by atoms with Crippen molar-refractivity contribution in [3.63, 3.8) is 0 Å². The monoisotopic (exact) mass is 244 g/mol. The molecule has 0 unspecified atom stereocenters. The molecular weight excluding hydrogens is 227 g/mol. The highest BCUT2D eigenvalue weighted by atomic mass is 19.1. The van der Waals surface area contributed by atoms with Crippen LogP contribution in [0.1, 0.15) is 23.6 Å². The second-order valence-corrected chi connectivity index (χ2v) is 5.83. The van der Waals surface area contributed by atoms with Gasteiger partial charge in [0.05, 0.1) is 0 Å². The predicted octanol–water partition coefficient (Wildman–Crippen LogP) is 2.90. The van der Waals surface area contributed by atoms with Crippen LogP contribution in [0.4, 0.5) is 4.39 Å². The molecule has 1 fully saturated rings. The summed E-state index contributed by atoms with van der Waals surface area (Å²) in [5.74, 6) is 1.27. The van der Waals surface area contributed by atoms with E-state index in [0.29, 0.717) is 5.92 Å². The summed E-state index contributed by atoms with van der Waals surface area (Å²) in [5.41, 5.74) is 3.77. The van der Waals surface area contributed by atoms with Crippen molar-refractivity contribution >= 4 is 10.9 Å². The van der Waals surface area contributed by atoms with Crippen LogP contribution in [-0.2, 0) is 6.42 Å². The molecule has 1 saturated heterocycles. The molecule has 1 aromatic carbocycles. The number of likely N-dealkylation sites (tertiary alicyclic amines) is 1. The van der Waals surface area contributed by atoms with Gasteiger partial charge >= 0.3 is 0 Å². The number of benzene rings is 1. The number of aromatic nitrogens is 1. The summed E-state index contributed by atoms with van der Waals surface area (Å²) in [6.07, 6.45) is 2.37. The zero-order chi connectivity index (χ0) is 12.3. The van der Waals surface area contributed by atoms with Gasteiger partial charge < -0.3 is 9.88 Å². The Morgan fingerprint density at radius 3 is 3.11 bits per heavy atom. The third-order valence-corrected chi connectivity index (χ3v) is 4.64. The van der Waals surface area contributed by atoms with Crippen LogP contribution in [0.5, 0.6) is 0 Å². The average Bonchev–Trinajstić information content (AvgIpc) is 2.86. The van der Waals surface area contributed by atoms with Gasteiger partial charge in [-0.25, -0.2) is 4.39 Å². The Labute approximate surface area is 106 Å². The van der Waals surface area contributed by atoms with Crippen LogP contribution in [-0.4, -0.2) is 30.0 Å². The molecule has 1 aliphatic heterocycles. The van der Waals surface area contributed by atoms with Crippen molar-refractivity contribution in [1.82, 2.24) is 9.88 Å². The van der Waals surface area contributed by atoms with E-state index in [-0.39, 0.29) is 5.82 Å². The molecule has 0 spiro atoms. The van der Waals surface area contributed by atoms with Gasteiger partial charge in [-0.2, -0.15) is 0 Å². The highest BCUT2D eigenvalue weighted by molar-refractivity contribution is 5.85. The van der Waals surface area contributed by atoms with E-state index < -0.39 is 0 Å². The Morgan fingerprint density at radius 2 is 2.22 bits per heavy atom. The van der Waals surface area contributed by atoms with Crippen LogP contribution in [0.2, 0.25) is 0 Å². The zero-order valence-corrected chi connectivity index (χ0v) is 10.5. The number of hydrogen-bond acceptors (Lipinski definition) is 1. The predicted molar refractivity (Wildman–Crippen MR) is 70.3 cm³/mol. The molecule has 2 aliphatic rings. The molecular formula is C15H17FN2. The maximum Gasteiger partial charge on any atom is 0.125 e. The van der Waals surface area contributed by atoms with Crippen LogP contribution in [0.15, 0.2) is 18.2 Å². The Hall–Kier alpha value is -1.35. The van der Waals surface area contributed by atoms with Crippen LogP contribution in [0.3, 0.4) is 0 Å². The van der Waals surface area contributed by atoms with E-state index in [1.165, 1.54) is 29.6 Å². The molecule has 2 aromatic rings. The molecule has 0 bridgehead atoms. The van der Waals surface area contributed by atoms with E-state index in [4.69, 9.17) is 0 Å². The highest BCUT2D eigenvalue weighted by Crippen LogP contribution is 2.44. The van der Waals surface area contributed by atoms with E-state index in [9.17, 15) is 4.39 Å². The second kappa shape index (κ2) is 3.58. The number of nitrogens with one attached hydrogen (secondary N) is 1. The van der Waals surface area contributed by atoms with E-state index in [1.807, 2.05) is 6.07 Å². The fourth-order valence-corrected chi connectivity index (χ4v) is 3.90. The third kappa shape index (κ3) is 1.37. The number of fused-ring (bicyclic) bond motifs is 5. The molecule has 3 heteroatoms. The maximum absolute atomic E-state index is 13.3. The Morgan fingerprint density at radius 1 is 1.33 bits per heavy atom. The average molecular weight is 244 g/mol. The minimum absolute atomic E-state index is 0.152. The summed E-state index contributed by atoms with van der Waals surface area (Å²) in [5, 5.41) is 1.23. The molecule has 0 saturated carbocycles. The molecule has 0 radical (unpaired) electrons. The Kier molecular flexibility index (Phi) is 2.10. The number of halogens is 1. The lowest BCUT2D eigenvalue weighted by atomic mass is 9.79. The summed E-state index contributed by atoms with van der Waals surface area (Å²) >= 11 is 0. The zero-order valence-electron chi connectivity index (χ0n) is 10.5. The van der Waals surface area contributed by atoms with Gasteiger partial charge in [-0.1, -0.05) is 0 Å². The van der Waals surface area contributed by atoms with Crippen molar-refractivity contribution in [3.8, 4) is 0 Å². The lowest BCUT2D eigenvalue weighted by Gasteiger charge is -2.24. The first-order valence-corrected chi connectivity index (χ1v) is 6.71. The molecule has 0 amide bonds. The summed E-state index contributed by atoms with van der Waals surface area (Å²) < 4.78 is 13.3. The van der Waals surface area contributed by atoms with Gasteiger partial charge in [-0.3, -0.25) is 0 Å². The van der Waals surface area contributed by atoms with Crippen LogP contribution in [0.25, 0.3) is 10.9 Å². The van der Waals surface area contributed by atoms with Gasteiger partial charge in [-0.05, 0) is 49.6 Å². The molecule has 1 aromatic heterocycles. The lowest BCUT2D eigenvalue weighted by Crippen LogP contribution is -2.18. The van der Waals surface area contributed by atoms with Crippen LogP contribution < -0.4 is 0 Å². The number of aromatic amines is 1. The Bertz CT molecular complexity index is 616. The first-order valence-electron chi connectivity index (χ1n) is 6.71. The molecule has 4 rings (SSSR count). The summed E-state index contributed by atoms with van der Waals surface area (Å²) in [4.78, 5) is 5.85.